The van der Waals surface area contributed by atoms with Crippen LogP contribution in [0.2, 0.25) is 0 Å². The van der Waals surface area contributed by atoms with Crippen LogP contribution >= 0.6 is 12.2 Å². The van der Waals surface area contributed by atoms with Crippen molar-refractivity contribution in [2.45, 2.75) is 23.8 Å². The number of aromatic nitrogens is 1. The van der Waals surface area contributed by atoms with Crippen molar-refractivity contribution in [3.8, 4) is 0 Å². The molecule has 0 aromatic carbocycles. The third-order valence-corrected chi connectivity index (χ3v) is 6.46. The van der Waals surface area contributed by atoms with Crippen molar-refractivity contribution in [2.75, 3.05) is 13.1 Å². The molecule has 3 unspecified atom stereocenters. The summed E-state index contributed by atoms with van der Waals surface area (Å²) in [6.07, 6.45) is 2.69. The Morgan fingerprint density at radius 1 is 1.43 bits per heavy atom. The predicted octanol–water partition coefficient (Wildman–Crippen LogP) is 0.107. The highest BCUT2D eigenvalue weighted by atomic mass is 32.2. The number of aliphatic hydroxyl groups excluding tert-OH is 1. The van der Waals surface area contributed by atoms with Crippen LogP contribution in [0.15, 0.2) is 23.2 Å². The highest BCUT2D eigenvalue weighted by molar-refractivity contribution is 7.89. The van der Waals surface area contributed by atoms with Crippen molar-refractivity contribution < 1.29 is 13.5 Å². The Hall–Kier alpha value is -1.09. The fourth-order valence-corrected chi connectivity index (χ4v) is 5.23. The largest absolute Gasteiger partial charge is 0.393 e. The van der Waals surface area contributed by atoms with Gasteiger partial charge < -0.3 is 10.8 Å². The zero-order valence-electron chi connectivity index (χ0n) is 11.3. The zero-order valence-corrected chi connectivity index (χ0v) is 13.0. The van der Waals surface area contributed by atoms with Crippen LogP contribution in [-0.2, 0) is 10.0 Å². The van der Waals surface area contributed by atoms with Crippen LogP contribution in [0.3, 0.4) is 0 Å². The first-order valence-corrected chi connectivity index (χ1v) is 8.69. The zero-order chi connectivity index (χ0) is 15.2. The molecule has 3 N–H and O–H groups in total. The van der Waals surface area contributed by atoms with Gasteiger partial charge in [0.15, 0.2) is 0 Å². The highest BCUT2D eigenvalue weighted by Crippen LogP contribution is 2.40. The first-order chi connectivity index (χ1) is 9.91. The minimum Gasteiger partial charge on any atom is -0.393 e. The van der Waals surface area contributed by atoms with Crippen molar-refractivity contribution in [3.05, 3.63) is 24.0 Å². The Morgan fingerprint density at radius 2 is 2.19 bits per heavy atom. The second kappa shape index (κ2) is 5.28. The lowest BCUT2D eigenvalue weighted by Crippen LogP contribution is -2.33. The molecule has 2 fully saturated rings. The molecule has 1 saturated carbocycles. The van der Waals surface area contributed by atoms with Gasteiger partial charge in [0.2, 0.25) is 10.0 Å². The summed E-state index contributed by atoms with van der Waals surface area (Å²) in [4.78, 5) is 4.00. The molecule has 8 heteroatoms. The third-order valence-electron chi connectivity index (χ3n) is 4.41. The van der Waals surface area contributed by atoms with Gasteiger partial charge in [0.1, 0.15) is 15.6 Å². The van der Waals surface area contributed by atoms with Crippen LogP contribution in [0.1, 0.15) is 18.5 Å². The van der Waals surface area contributed by atoms with Crippen molar-refractivity contribution in [1.82, 2.24) is 9.29 Å². The smallest absolute Gasteiger partial charge is 0.245 e. The molecule has 1 aromatic rings. The van der Waals surface area contributed by atoms with E-state index < -0.39 is 16.1 Å². The summed E-state index contributed by atoms with van der Waals surface area (Å²) in [6.45, 7) is 0.787. The van der Waals surface area contributed by atoms with Gasteiger partial charge in [-0.25, -0.2) is 8.42 Å². The number of thiocarbonyl (C=S) groups is 1. The van der Waals surface area contributed by atoms with Gasteiger partial charge in [0.25, 0.3) is 0 Å². The van der Waals surface area contributed by atoms with Crippen molar-refractivity contribution in [1.29, 1.82) is 0 Å². The minimum atomic E-state index is -3.69. The Balaban J connectivity index is 1.94. The third kappa shape index (κ3) is 2.46. The van der Waals surface area contributed by atoms with E-state index in [1.807, 2.05) is 0 Å². The molecule has 1 aromatic heterocycles. The molecule has 2 aliphatic rings. The van der Waals surface area contributed by atoms with E-state index in [1.54, 1.807) is 6.07 Å². The molecule has 21 heavy (non-hydrogen) atoms. The van der Waals surface area contributed by atoms with Gasteiger partial charge in [-0.1, -0.05) is 12.2 Å². The summed E-state index contributed by atoms with van der Waals surface area (Å²) in [5.41, 5.74) is 5.70. The highest BCUT2D eigenvalue weighted by Gasteiger charge is 2.46. The van der Waals surface area contributed by atoms with E-state index in [0.717, 1.165) is 12.8 Å². The summed E-state index contributed by atoms with van der Waals surface area (Å²) in [7, 11) is -3.69. The van der Waals surface area contributed by atoms with Crippen LogP contribution in [0.4, 0.5) is 0 Å². The second-order valence-corrected chi connectivity index (χ2v) is 7.95. The first kappa shape index (κ1) is 14.8. The minimum absolute atomic E-state index is 0.0322. The van der Waals surface area contributed by atoms with Crippen LogP contribution in [0, 0.1) is 11.8 Å². The van der Waals surface area contributed by atoms with E-state index in [2.05, 4.69) is 4.98 Å². The number of fused-ring (bicyclic) bond motifs is 1. The number of pyridine rings is 1. The Bertz CT molecular complexity index is 677. The lowest BCUT2D eigenvalue weighted by Gasteiger charge is -2.19. The van der Waals surface area contributed by atoms with E-state index >= 15 is 0 Å². The fourth-order valence-electron chi connectivity index (χ4n) is 3.31. The molecule has 6 nitrogen and oxygen atoms in total. The normalized spacial score (nSPS) is 29.5. The van der Waals surface area contributed by atoms with Gasteiger partial charge in [-0.05, 0) is 30.9 Å². The number of sulfonamides is 1. The molecule has 1 saturated heterocycles. The molecular formula is C13H17N3O3S2. The monoisotopic (exact) mass is 327 g/mol. The van der Waals surface area contributed by atoms with Crippen LogP contribution in [0.5, 0.6) is 0 Å². The van der Waals surface area contributed by atoms with Crippen LogP contribution in [0.25, 0.3) is 0 Å². The van der Waals surface area contributed by atoms with Gasteiger partial charge >= 0.3 is 0 Å². The number of nitrogens with zero attached hydrogens (tertiary/aromatic N) is 2. The van der Waals surface area contributed by atoms with Gasteiger partial charge in [-0.3, -0.25) is 4.98 Å². The molecule has 0 radical (unpaired) electrons. The van der Waals surface area contributed by atoms with Crippen molar-refractivity contribution >= 4 is 27.2 Å². The molecule has 1 aliphatic heterocycles. The van der Waals surface area contributed by atoms with E-state index in [0.29, 0.717) is 13.1 Å². The Morgan fingerprint density at radius 3 is 2.86 bits per heavy atom. The summed E-state index contributed by atoms with van der Waals surface area (Å²) in [5, 5.41) is 9.92. The molecule has 3 rings (SSSR count). The van der Waals surface area contributed by atoms with Gasteiger partial charge in [-0.15, -0.1) is 0 Å². The summed E-state index contributed by atoms with van der Waals surface area (Å²) < 4.78 is 27.0. The first-order valence-electron chi connectivity index (χ1n) is 6.84. The molecule has 3 atom stereocenters. The standard InChI is InChI=1S/C13H17N3O3S2/c14-13(20)12-11(2-1-5-15-12)21(18,19)16-6-8-3-4-10(17)9(8)7-16/h1-2,5,8-10,17H,3-4,6-7H2,(H2,14,20). The van der Waals surface area contributed by atoms with E-state index in [-0.39, 0.29) is 27.4 Å². The number of rotatable bonds is 3. The molecule has 2 heterocycles. The second-order valence-electron chi connectivity index (χ2n) is 5.61. The SMILES string of the molecule is NC(=S)c1ncccc1S(=O)(=O)N1CC2CCC(O)C2C1. The maximum atomic E-state index is 12.8. The average molecular weight is 327 g/mol. The molecular weight excluding hydrogens is 310 g/mol. The van der Waals surface area contributed by atoms with E-state index in [1.165, 1.54) is 16.6 Å². The topological polar surface area (TPSA) is 96.5 Å². The van der Waals surface area contributed by atoms with Gasteiger partial charge in [0, 0.05) is 25.2 Å². The van der Waals surface area contributed by atoms with Crippen LogP contribution < -0.4 is 5.73 Å². The molecule has 0 amide bonds. The predicted molar refractivity (Wildman–Crippen MR) is 81.1 cm³/mol. The fraction of sp³-hybridized carbons (Fsp3) is 0.538. The van der Waals surface area contributed by atoms with Crippen molar-refractivity contribution in [3.63, 3.8) is 0 Å². The number of nitrogens with two attached hydrogens (primary N) is 1. The maximum Gasteiger partial charge on any atom is 0.245 e. The lowest BCUT2D eigenvalue weighted by molar-refractivity contribution is 0.129. The average Bonchev–Trinajstić information content (AvgIpc) is 3.02. The number of hydrogen-bond acceptors (Lipinski definition) is 5. The summed E-state index contributed by atoms with van der Waals surface area (Å²) in [5.74, 6) is 0.268. The lowest BCUT2D eigenvalue weighted by atomic mass is 10.00. The molecule has 0 bridgehead atoms. The summed E-state index contributed by atoms with van der Waals surface area (Å²) >= 11 is 4.88. The van der Waals surface area contributed by atoms with Crippen LogP contribution in [-0.4, -0.2) is 47.0 Å². The number of aliphatic hydroxyl groups is 1. The van der Waals surface area contributed by atoms with Crippen molar-refractivity contribution in [2.24, 2.45) is 17.6 Å². The molecule has 114 valence electrons. The Labute approximate surface area is 129 Å². The summed E-state index contributed by atoms with van der Waals surface area (Å²) in [6, 6.07) is 3.03. The van der Waals surface area contributed by atoms with E-state index in [9.17, 15) is 13.5 Å². The quantitative estimate of drug-likeness (QED) is 0.765. The molecule has 0 spiro atoms. The van der Waals surface area contributed by atoms with Gasteiger partial charge in [-0.2, -0.15) is 4.31 Å². The Kier molecular flexibility index (Phi) is 3.73. The molecule has 1 aliphatic carbocycles. The number of hydrogen-bond donors (Lipinski definition) is 2. The van der Waals surface area contributed by atoms with Gasteiger partial charge in [0.05, 0.1) is 6.10 Å². The maximum absolute atomic E-state index is 12.8. The van der Waals surface area contributed by atoms with E-state index in [4.69, 9.17) is 18.0 Å².